The molecule has 2 aromatic carbocycles. The minimum absolute atomic E-state index is 0.266. The second-order valence-electron chi connectivity index (χ2n) is 4.12. The predicted octanol–water partition coefficient (Wildman–Crippen LogP) is 4.09. The number of hydrogen-bond acceptors (Lipinski definition) is 3. The summed E-state index contributed by atoms with van der Waals surface area (Å²) in [7, 11) is 0. The van der Waals surface area contributed by atoms with E-state index >= 15 is 0 Å². The molecular weight excluding hydrogens is 311 g/mol. The molecule has 5 nitrogen and oxygen atoms in total. The van der Waals surface area contributed by atoms with Crippen LogP contribution in [0.3, 0.4) is 0 Å². The van der Waals surface area contributed by atoms with E-state index in [0.717, 1.165) is 0 Å². The van der Waals surface area contributed by atoms with Crippen LogP contribution < -0.4 is 16.4 Å². The van der Waals surface area contributed by atoms with Gasteiger partial charge in [0, 0.05) is 10.7 Å². The number of carbonyl (C=O) groups excluding carboxylic acids is 1. The second-order valence-corrected chi connectivity index (χ2v) is 4.96. The fourth-order valence-electron chi connectivity index (χ4n) is 1.63. The number of urea groups is 1. The molecular formula is C14H10Cl2N4O. The standard InChI is InChI=1S/C14H10Cl2N4O/c15-9-1-3-11(16)13(6-9)20-14(21)19-12-4-2-10(18)5-8(12)7-17/h1-6H,18H2,(H2,19,20,21). The molecule has 0 aliphatic rings. The Balaban J connectivity index is 2.16. The summed E-state index contributed by atoms with van der Waals surface area (Å²) in [6.07, 6.45) is 0. The third-order valence-electron chi connectivity index (χ3n) is 2.59. The van der Waals surface area contributed by atoms with Gasteiger partial charge in [0.1, 0.15) is 6.07 Å². The van der Waals surface area contributed by atoms with E-state index in [2.05, 4.69) is 10.6 Å². The van der Waals surface area contributed by atoms with Gasteiger partial charge in [0.05, 0.1) is 22.0 Å². The van der Waals surface area contributed by atoms with Crippen molar-refractivity contribution in [2.45, 2.75) is 0 Å². The number of halogens is 2. The van der Waals surface area contributed by atoms with Crippen LogP contribution in [0.5, 0.6) is 0 Å². The number of nitrogens with zero attached hydrogens (tertiary/aromatic N) is 1. The second kappa shape index (κ2) is 6.35. The molecule has 4 N–H and O–H groups in total. The van der Waals surface area contributed by atoms with Gasteiger partial charge in [0.15, 0.2) is 0 Å². The first-order valence-electron chi connectivity index (χ1n) is 5.82. The van der Waals surface area contributed by atoms with Crippen LogP contribution in [0.2, 0.25) is 10.0 Å². The molecule has 21 heavy (non-hydrogen) atoms. The molecule has 0 radical (unpaired) electrons. The van der Waals surface area contributed by atoms with Crippen molar-refractivity contribution in [2.24, 2.45) is 0 Å². The Kier molecular flexibility index (Phi) is 4.53. The average Bonchev–Trinajstić information content (AvgIpc) is 2.44. The third-order valence-corrected chi connectivity index (χ3v) is 3.15. The van der Waals surface area contributed by atoms with Gasteiger partial charge in [-0.2, -0.15) is 5.26 Å². The Hall–Kier alpha value is -2.42. The Bertz CT molecular complexity index is 740. The Morgan fingerprint density at radius 3 is 2.52 bits per heavy atom. The van der Waals surface area contributed by atoms with Crippen LogP contribution in [-0.4, -0.2) is 6.03 Å². The zero-order valence-corrected chi connectivity index (χ0v) is 12.2. The van der Waals surface area contributed by atoms with Crippen LogP contribution in [-0.2, 0) is 0 Å². The van der Waals surface area contributed by atoms with Gasteiger partial charge >= 0.3 is 6.03 Å². The van der Waals surface area contributed by atoms with E-state index in [0.29, 0.717) is 27.1 Å². The lowest BCUT2D eigenvalue weighted by atomic mass is 10.2. The molecule has 2 amide bonds. The van der Waals surface area contributed by atoms with Gasteiger partial charge in [-0.3, -0.25) is 0 Å². The van der Waals surface area contributed by atoms with E-state index in [1.807, 2.05) is 6.07 Å². The number of hydrogen-bond donors (Lipinski definition) is 3. The van der Waals surface area contributed by atoms with Gasteiger partial charge in [0.25, 0.3) is 0 Å². The highest BCUT2D eigenvalue weighted by molar-refractivity contribution is 6.35. The van der Waals surface area contributed by atoms with Gasteiger partial charge in [0.2, 0.25) is 0 Å². The van der Waals surface area contributed by atoms with Crippen molar-refractivity contribution in [3.63, 3.8) is 0 Å². The molecule has 7 heteroatoms. The van der Waals surface area contributed by atoms with Crippen molar-refractivity contribution < 1.29 is 4.79 Å². The summed E-state index contributed by atoms with van der Waals surface area (Å²) in [6, 6.07) is 10.7. The monoisotopic (exact) mass is 320 g/mol. The summed E-state index contributed by atoms with van der Waals surface area (Å²) in [5.74, 6) is 0. The van der Waals surface area contributed by atoms with Gasteiger partial charge in [-0.05, 0) is 36.4 Å². The van der Waals surface area contributed by atoms with E-state index in [-0.39, 0.29) is 5.56 Å². The highest BCUT2D eigenvalue weighted by Crippen LogP contribution is 2.26. The molecule has 0 unspecified atom stereocenters. The first-order valence-corrected chi connectivity index (χ1v) is 6.58. The smallest absolute Gasteiger partial charge is 0.323 e. The molecule has 0 aromatic heterocycles. The van der Waals surface area contributed by atoms with Gasteiger partial charge in [-0.15, -0.1) is 0 Å². The summed E-state index contributed by atoms with van der Waals surface area (Å²) in [4.78, 5) is 11.9. The van der Waals surface area contributed by atoms with Crippen LogP contribution in [0, 0.1) is 11.3 Å². The zero-order valence-electron chi connectivity index (χ0n) is 10.7. The number of benzene rings is 2. The van der Waals surface area contributed by atoms with Gasteiger partial charge < -0.3 is 16.4 Å². The minimum Gasteiger partial charge on any atom is -0.399 e. The van der Waals surface area contributed by atoms with Crippen LogP contribution in [0.15, 0.2) is 36.4 Å². The number of rotatable bonds is 2. The maximum atomic E-state index is 11.9. The van der Waals surface area contributed by atoms with Crippen LogP contribution in [0.25, 0.3) is 0 Å². The highest BCUT2D eigenvalue weighted by atomic mass is 35.5. The van der Waals surface area contributed by atoms with Gasteiger partial charge in [-0.25, -0.2) is 4.79 Å². The number of nitrogens with two attached hydrogens (primary N) is 1. The topological polar surface area (TPSA) is 90.9 Å². The van der Waals surface area contributed by atoms with Crippen molar-refractivity contribution in [3.05, 3.63) is 52.0 Å². The number of carbonyl (C=O) groups is 1. The molecule has 0 aliphatic carbocycles. The van der Waals surface area contributed by atoms with Crippen molar-refractivity contribution in [1.29, 1.82) is 5.26 Å². The molecule has 2 rings (SSSR count). The normalized spacial score (nSPS) is 9.76. The summed E-state index contributed by atoms with van der Waals surface area (Å²) < 4.78 is 0. The lowest BCUT2D eigenvalue weighted by molar-refractivity contribution is 0.262. The first-order chi connectivity index (χ1) is 9.99. The molecule has 0 atom stereocenters. The Morgan fingerprint density at radius 1 is 1.10 bits per heavy atom. The number of nitrogens with one attached hydrogen (secondary N) is 2. The summed E-state index contributed by atoms with van der Waals surface area (Å²) in [5.41, 5.74) is 7.01. The van der Waals surface area contributed by atoms with Crippen molar-refractivity contribution in [1.82, 2.24) is 0 Å². The number of amides is 2. The largest absolute Gasteiger partial charge is 0.399 e. The minimum atomic E-state index is -0.541. The fourth-order valence-corrected chi connectivity index (χ4v) is 1.97. The highest BCUT2D eigenvalue weighted by Gasteiger charge is 2.09. The fraction of sp³-hybridized carbons (Fsp3) is 0. The maximum Gasteiger partial charge on any atom is 0.323 e. The summed E-state index contributed by atoms with van der Waals surface area (Å²) in [5, 5.41) is 14.9. The first kappa shape index (κ1) is 15.0. The summed E-state index contributed by atoms with van der Waals surface area (Å²) >= 11 is 11.8. The van der Waals surface area contributed by atoms with E-state index in [9.17, 15) is 4.79 Å². The molecule has 106 valence electrons. The Morgan fingerprint density at radius 2 is 1.81 bits per heavy atom. The molecule has 0 aliphatic heterocycles. The molecule has 0 saturated heterocycles. The number of nitriles is 1. The zero-order chi connectivity index (χ0) is 15.4. The Labute approximate surface area is 131 Å². The molecule has 0 fully saturated rings. The third kappa shape index (κ3) is 3.78. The SMILES string of the molecule is N#Cc1cc(N)ccc1NC(=O)Nc1cc(Cl)ccc1Cl. The molecule has 0 saturated carbocycles. The lowest BCUT2D eigenvalue weighted by Crippen LogP contribution is -2.20. The van der Waals surface area contributed by atoms with E-state index < -0.39 is 6.03 Å². The predicted molar refractivity (Wildman–Crippen MR) is 84.7 cm³/mol. The van der Waals surface area contributed by atoms with Gasteiger partial charge in [-0.1, -0.05) is 23.2 Å². The average molecular weight is 321 g/mol. The number of nitrogen functional groups attached to an aromatic ring is 1. The number of anilines is 3. The van der Waals surface area contributed by atoms with Crippen LogP contribution in [0.1, 0.15) is 5.56 Å². The molecule has 2 aromatic rings. The molecule has 0 bridgehead atoms. The maximum absolute atomic E-state index is 11.9. The van der Waals surface area contributed by atoms with Crippen LogP contribution in [0.4, 0.5) is 21.9 Å². The van der Waals surface area contributed by atoms with E-state index in [4.69, 9.17) is 34.2 Å². The van der Waals surface area contributed by atoms with Crippen molar-refractivity contribution >= 4 is 46.3 Å². The molecule has 0 heterocycles. The van der Waals surface area contributed by atoms with Crippen molar-refractivity contribution in [3.8, 4) is 6.07 Å². The van der Waals surface area contributed by atoms with Crippen LogP contribution >= 0.6 is 23.2 Å². The molecule has 0 spiro atoms. The van der Waals surface area contributed by atoms with E-state index in [1.165, 1.54) is 12.1 Å². The lowest BCUT2D eigenvalue weighted by Gasteiger charge is -2.10. The quantitative estimate of drug-likeness (QED) is 0.728. The summed E-state index contributed by atoms with van der Waals surface area (Å²) in [6.45, 7) is 0. The van der Waals surface area contributed by atoms with Crippen molar-refractivity contribution in [2.75, 3.05) is 16.4 Å². The van der Waals surface area contributed by atoms with E-state index in [1.54, 1.807) is 24.3 Å².